The zero-order valence-electron chi connectivity index (χ0n) is 7.71. The molecular formula is H6CsKLiNNa+. The SMILES string of the molecule is N.[Cs+].[H-].[H-].[H-].[K+].[Li+].[Na+]. The normalized spacial score (nSPS) is 0. The first-order valence-corrected chi connectivity index (χ1v) is 0. The van der Waals surface area contributed by atoms with Gasteiger partial charge in [-0.05, 0) is 0 Å². The molecule has 0 aliphatic carbocycles. The number of rotatable bonds is 0. The fourth-order valence-corrected chi connectivity index (χ4v) is 0. The molecule has 0 aliphatic heterocycles. The van der Waals surface area contributed by atoms with Crippen LogP contribution in [-0.4, -0.2) is 0 Å². The fourth-order valence-electron chi connectivity index (χ4n) is 0. The van der Waals surface area contributed by atoms with Crippen LogP contribution in [0.2, 0.25) is 0 Å². The molecule has 0 atom stereocenters. The predicted octanol–water partition coefficient (Wildman–Crippen LogP) is -11.5. The Kier molecular flexibility index (Phi) is 145. The van der Waals surface area contributed by atoms with Crippen LogP contribution >= 0.6 is 0 Å². The van der Waals surface area contributed by atoms with Crippen LogP contribution in [0.5, 0.6) is 0 Å². The Morgan fingerprint density at radius 3 is 1.20 bits per heavy atom. The molecule has 0 saturated heterocycles. The van der Waals surface area contributed by atoms with E-state index in [4.69, 9.17) is 0 Å². The van der Waals surface area contributed by atoms with Gasteiger partial charge in [-0.3, -0.25) is 0 Å². The van der Waals surface area contributed by atoms with E-state index in [-0.39, 0.29) is 179 Å². The standard InChI is InChI=1S/Cs.K.Li.H3N.Na.3H/h;;;1H3;;;;/q3*+1;;+1;3*-1. The van der Waals surface area contributed by atoms with Crippen LogP contribution in [0, 0.1) is 0 Å². The molecule has 0 heterocycles. The summed E-state index contributed by atoms with van der Waals surface area (Å²) in [4.78, 5) is 0. The van der Waals surface area contributed by atoms with Crippen LogP contribution in [0.15, 0.2) is 0 Å². The van der Waals surface area contributed by atoms with Crippen molar-refractivity contribution in [2.24, 2.45) is 0 Å². The molecule has 0 bridgehead atoms. The fraction of sp³-hybridized carbons (Fsp3) is 0. The van der Waals surface area contributed by atoms with E-state index >= 15 is 0 Å². The van der Waals surface area contributed by atoms with Gasteiger partial charge in [0.1, 0.15) is 0 Å². The van der Waals surface area contributed by atoms with E-state index in [9.17, 15) is 0 Å². The largest absolute Gasteiger partial charge is 1.00 e. The summed E-state index contributed by atoms with van der Waals surface area (Å²) in [7, 11) is 0. The Morgan fingerprint density at radius 1 is 1.20 bits per heavy atom. The maximum Gasteiger partial charge on any atom is 1.00 e. The Balaban J connectivity index is 0. The van der Waals surface area contributed by atoms with E-state index in [1.54, 1.807) is 0 Å². The summed E-state index contributed by atoms with van der Waals surface area (Å²) in [6, 6.07) is 0. The molecule has 0 rings (SSSR count). The molecule has 0 radical (unpaired) electrons. The molecule has 3 N–H and O–H groups in total. The van der Waals surface area contributed by atoms with Crippen LogP contribution in [0.4, 0.5) is 0 Å². The van der Waals surface area contributed by atoms with E-state index in [0.29, 0.717) is 0 Å². The Hall–Kier alpha value is 5.25. The molecule has 0 aromatic heterocycles. The van der Waals surface area contributed by atoms with Crippen molar-refractivity contribution in [2.75, 3.05) is 0 Å². The van der Waals surface area contributed by atoms with E-state index < -0.39 is 0 Å². The Bertz CT molecular complexity index is 19.2. The molecule has 0 aromatic carbocycles. The van der Waals surface area contributed by atoms with Gasteiger partial charge in [0.05, 0.1) is 0 Å². The summed E-state index contributed by atoms with van der Waals surface area (Å²) >= 11 is 0. The van der Waals surface area contributed by atoms with Gasteiger partial charge in [0.25, 0.3) is 0 Å². The molecule has 0 unspecified atom stereocenters. The molecule has 5 heteroatoms. The van der Waals surface area contributed by atoms with Gasteiger partial charge in [0.15, 0.2) is 0 Å². The average Bonchev–Trinajstić information content (AvgIpc) is 0. The average molecular weight is 222 g/mol. The molecular weight excluding hydrogens is 216 g/mol. The minimum Gasteiger partial charge on any atom is -1.00 e. The summed E-state index contributed by atoms with van der Waals surface area (Å²) in [5.74, 6) is 0. The predicted molar refractivity (Wildman–Crippen MR) is 8.36 cm³/mol. The number of hydrogen-bond acceptors (Lipinski definition) is 1. The molecule has 0 aromatic rings. The van der Waals surface area contributed by atoms with Crippen LogP contribution in [0.3, 0.4) is 0 Å². The maximum atomic E-state index is 0. The van der Waals surface area contributed by atoms with E-state index in [0.717, 1.165) is 0 Å². The zero-order chi connectivity index (χ0) is 0. The van der Waals surface area contributed by atoms with Crippen LogP contribution in [-0.2, 0) is 0 Å². The van der Waals surface area contributed by atoms with Crippen molar-refractivity contribution in [3.63, 3.8) is 0 Å². The van der Waals surface area contributed by atoms with Gasteiger partial charge in [0, 0.05) is 0 Å². The maximum absolute atomic E-state index is 0. The van der Waals surface area contributed by atoms with Crippen molar-refractivity contribution in [3.8, 4) is 0 Å². The molecule has 1 nitrogen and oxygen atoms in total. The molecule has 0 aliphatic rings. The Morgan fingerprint density at radius 2 is 1.20 bits per heavy atom. The van der Waals surface area contributed by atoms with Crippen molar-refractivity contribution in [1.29, 1.82) is 0 Å². The van der Waals surface area contributed by atoms with Crippen molar-refractivity contribution < 1.29 is 173 Å². The van der Waals surface area contributed by atoms with E-state index in [1.807, 2.05) is 0 Å². The van der Waals surface area contributed by atoms with Gasteiger partial charge < -0.3 is 10.4 Å². The van der Waals surface area contributed by atoms with Gasteiger partial charge >= 0.3 is 169 Å². The summed E-state index contributed by atoms with van der Waals surface area (Å²) in [6.45, 7) is 0. The van der Waals surface area contributed by atoms with E-state index in [2.05, 4.69) is 0 Å². The van der Waals surface area contributed by atoms with Crippen molar-refractivity contribution >= 4 is 0 Å². The zero-order valence-corrected chi connectivity index (χ0v) is 16.1. The van der Waals surface area contributed by atoms with Gasteiger partial charge in [-0.15, -0.1) is 0 Å². The smallest absolute Gasteiger partial charge is 1.00 e. The van der Waals surface area contributed by atoms with Crippen LogP contribution in [0.1, 0.15) is 4.28 Å². The summed E-state index contributed by atoms with van der Waals surface area (Å²) in [5, 5.41) is 0. The van der Waals surface area contributed by atoms with Gasteiger partial charge in [-0.1, -0.05) is 0 Å². The summed E-state index contributed by atoms with van der Waals surface area (Å²) in [6.07, 6.45) is 0. The van der Waals surface area contributed by atoms with Crippen LogP contribution < -0.4 is 175 Å². The minimum atomic E-state index is 0. The van der Waals surface area contributed by atoms with Gasteiger partial charge in [0.2, 0.25) is 0 Å². The van der Waals surface area contributed by atoms with Crippen molar-refractivity contribution in [1.82, 2.24) is 6.15 Å². The van der Waals surface area contributed by atoms with Gasteiger partial charge in [-0.2, -0.15) is 0 Å². The summed E-state index contributed by atoms with van der Waals surface area (Å²) < 4.78 is 0. The second-order valence-corrected chi connectivity index (χ2v) is 0. The van der Waals surface area contributed by atoms with Gasteiger partial charge in [-0.25, -0.2) is 0 Å². The Labute approximate surface area is 173 Å². The first kappa shape index (κ1) is 31.8. The van der Waals surface area contributed by atoms with E-state index in [1.165, 1.54) is 0 Å². The van der Waals surface area contributed by atoms with Crippen molar-refractivity contribution in [2.45, 2.75) is 0 Å². The molecule has 14 valence electrons. The molecule has 0 saturated carbocycles. The second kappa shape index (κ2) is 22.8. The third-order valence-electron chi connectivity index (χ3n) is 0. The van der Waals surface area contributed by atoms with Crippen LogP contribution in [0.25, 0.3) is 0 Å². The first-order valence-electron chi connectivity index (χ1n) is 0. The summed E-state index contributed by atoms with van der Waals surface area (Å²) in [5.41, 5.74) is 0. The number of hydrogen-bond donors (Lipinski definition) is 1. The topological polar surface area (TPSA) is 35.0 Å². The molecule has 0 spiro atoms. The van der Waals surface area contributed by atoms with Crippen molar-refractivity contribution in [3.05, 3.63) is 0 Å². The minimum absolute atomic E-state index is 0. The third-order valence-corrected chi connectivity index (χ3v) is 0. The molecule has 0 fully saturated rings. The third kappa shape index (κ3) is 17.6. The first-order chi connectivity index (χ1) is 0. The molecule has 0 amide bonds. The quantitative estimate of drug-likeness (QED) is 0.406. The second-order valence-electron chi connectivity index (χ2n) is 0. The molecule has 5 heavy (non-hydrogen) atoms. The monoisotopic (exact) mass is 222 g/mol.